The van der Waals surface area contributed by atoms with Crippen LogP contribution in [0.1, 0.15) is 56.1 Å². The Morgan fingerprint density at radius 1 is 1.06 bits per heavy atom. The number of carbonyl (C=O) groups excluding carboxylic acids is 1. The van der Waals surface area contributed by atoms with Crippen molar-refractivity contribution < 1.29 is 13.2 Å². The molecule has 0 spiro atoms. The second kappa shape index (κ2) is 10.5. The van der Waals surface area contributed by atoms with E-state index in [-0.39, 0.29) is 5.91 Å². The van der Waals surface area contributed by atoms with Gasteiger partial charge in [-0.3, -0.25) is 9.69 Å². The Balaban J connectivity index is 1.40. The average molecular weight is 476 g/mol. The van der Waals surface area contributed by atoms with Crippen LogP contribution in [0.15, 0.2) is 46.0 Å². The molecule has 2 aromatic rings. The van der Waals surface area contributed by atoms with E-state index in [0.717, 1.165) is 12.1 Å². The van der Waals surface area contributed by atoms with Crippen molar-refractivity contribution in [3.05, 3.63) is 52.9 Å². The van der Waals surface area contributed by atoms with Crippen molar-refractivity contribution in [2.24, 2.45) is 0 Å². The number of hydrogen-bond acceptors (Lipinski definition) is 5. The van der Waals surface area contributed by atoms with E-state index in [0.29, 0.717) is 36.2 Å². The van der Waals surface area contributed by atoms with Crippen LogP contribution in [0.2, 0.25) is 0 Å². The molecule has 4 rings (SSSR count). The van der Waals surface area contributed by atoms with E-state index in [1.807, 2.05) is 12.1 Å². The molecule has 1 N–H and O–H groups in total. The molecule has 1 saturated heterocycles. The maximum absolute atomic E-state index is 13.0. The molecule has 1 aromatic carbocycles. The fraction of sp³-hybridized carbons (Fsp3) is 0.542. The summed E-state index contributed by atoms with van der Waals surface area (Å²) < 4.78 is 27.6. The van der Waals surface area contributed by atoms with Gasteiger partial charge in [-0.25, -0.2) is 8.42 Å². The fourth-order valence-electron chi connectivity index (χ4n) is 4.92. The van der Waals surface area contributed by atoms with E-state index in [1.54, 1.807) is 17.5 Å². The molecule has 2 fully saturated rings. The average Bonchev–Trinajstić information content (AvgIpc) is 3.52. The van der Waals surface area contributed by atoms with E-state index in [4.69, 9.17) is 0 Å². The number of thiophene rings is 1. The van der Waals surface area contributed by atoms with Gasteiger partial charge in [-0.05, 0) is 55.3 Å². The molecular formula is C24H33N3O3S2. The third-order valence-electron chi connectivity index (χ3n) is 6.75. The van der Waals surface area contributed by atoms with Gasteiger partial charge in [-0.15, -0.1) is 11.3 Å². The molecule has 1 atom stereocenters. The Kier molecular flexibility index (Phi) is 7.66. The minimum absolute atomic E-state index is 0.210. The minimum Gasteiger partial charge on any atom is -0.351 e. The predicted octanol–water partition coefficient (Wildman–Crippen LogP) is 3.98. The molecule has 174 valence electrons. The summed E-state index contributed by atoms with van der Waals surface area (Å²) in [6.07, 6.45) is 7.72. The summed E-state index contributed by atoms with van der Waals surface area (Å²) >= 11 is 1.19. The summed E-state index contributed by atoms with van der Waals surface area (Å²) in [6, 6.07) is 11.5. The molecule has 1 aliphatic carbocycles. The zero-order valence-electron chi connectivity index (χ0n) is 18.7. The first-order valence-electron chi connectivity index (χ1n) is 11.6. The van der Waals surface area contributed by atoms with Crippen molar-refractivity contribution in [1.82, 2.24) is 14.5 Å². The lowest BCUT2D eigenvalue weighted by atomic mass is 9.94. The van der Waals surface area contributed by atoms with Gasteiger partial charge in [-0.1, -0.05) is 49.6 Å². The third kappa shape index (κ3) is 5.25. The Morgan fingerprint density at radius 3 is 2.53 bits per heavy atom. The maximum Gasteiger partial charge on any atom is 0.253 e. The van der Waals surface area contributed by atoms with Gasteiger partial charge in [0.1, 0.15) is 10.3 Å². The van der Waals surface area contributed by atoms with Gasteiger partial charge >= 0.3 is 0 Å². The first-order chi connectivity index (χ1) is 15.5. The molecular weight excluding hydrogens is 442 g/mol. The van der Waals surface area contributed by atoms with E-state index >= 15 is 0 Å². The van der Waals surface area contributed by atoms with E-state index in [9.17, 15) is 13.2 Å². The molecule has 8 heteroatoms. The smallest absolute Gasteiger partial charge is 0.253 e. The lowest BCUT2D eigenvalue weighted by Crippen LogP contribution is -2.45. The van der Waals surface area contributed by atoms with E-state index < -0.39 is 16.1 Å². The highest BCUT2D eigenvalue weighted by Crippen LogP contribution is 2.29. The molecule has 0 radical (unpaired) electrons. The van der Waals surface area contributed by atoms with Crippen LogP contribution in [-0.2, 0) is 27.9 Å². The van der Waals surface area contributed by atoms with Crippen LogP contribution in [0, 0.1) is 0 Å². The molecule has 1 aromatic heterocycles. The molecule has 1 amide bonds. The molecule has 1 aliphatic heterocycles. The van der Waals surface area contributed by atoms with Gasteiger partial charge in [-0.2, -0.15) is 4.31 Å². The van der Waals surface area contributed by atoms with Crippen molar-refractivity contribution in [3.8, 4) is 0 Å². The molecule has 2 heterocycles. The number of nitrogens with zero attached hydrogens (tertiary/aromatic N) is 2. The highest BCUT2D eigenvalue weighted by molar-refractivity contribution is 7.91. The maximum atomic E-state index is 13.0. The Bertz CT molecular complexity index is 1000. The summed E-state index contributed by atoms with van der Waals surface area (Å²) in [4.78, 5) is 15.4. The number of hydrogen-bond donors (Lipinski definition) is 1. The standard InChI is InChI=1S/C24H33N3O3S2/c1-26(21-11-3-2-4-12-21)18-20-10-6-5-9-19(20)17-25-24(28)22-13-7-15-27(22)32(29,30)23-14-8-16-31-23/h5-6,8-10,14,16,21-22H,2-4,7,11-13,15,17-18H2,1H3,(H,25,28). The predicted molar refractivity (Wildman–Crippen MR) is 128 cm³/mol. The number of benzene rings is 1. The highest BCUT2D eigenvalue weighted by Gasteiger charge is 2.39. The fourth-order valence-corrected chi connectivity index (χ4v) is 7.70. The molecule has 0 bridgehead atoms. The monoisotopic (exact) mass is 475 g/mol. The van der Waals surface area contributed by atoms with Crippen molar-refractivity contribution in [2.75, 3.05) is 13.6 Å². The summed E-state index contributed by atoms with van der Waals surface area (Å²) in [5.41, 5.74) is 2.31. The van der Waals surface area contributed by atoms with Crippen LogP contribution in [0.3, 0.4) is 0 Å². The topological polar surface area (TPSA) is 69.7 Å². The molecule has 6 nitrogen and oxygen atoms in total. The van der Waals surface area contributed by atoms with Crippen LogP contribution >= 0.6 is 11.3 Å². The first-order valence-corrected chi connectivity index (χ1v) is 13.9. The molecule has 1 unspecified atom stereocenters. The normalized spacial score (nSPS) is 20.6. The van der Waals surface area contributed by atoms with Gasteiger partial charge in [0.25, 0.3) is 10.0 Å². The van der Waals surface area contributed by atoms with Crippen LogP contribution < -0.4 is 5.32 Å². The van der Waals surface area contributed by atoms with Crippen LogP contribution in [0.5, 0.6) is 0 Å². The summed E-state index contributed by atoms with van der Waals surface area (Å²) in [6.45, 7) is 1.66. The largest absolute Gasteiger partial charge is 0.351 e. The summed E-state index contributed by atoms with van der Waals surface area (Å²) in [5, 5.41) is 4.77. The van der Waals surface area contributed by atoms with Gasteiger partial charge in [0.15, 0.2) is 0 Å². The number of amides is 1. The second-order valence-corrected chi connectivity index (χ2v) is 12.0. The quantitative estimate of drug-likeness (QED) is 0.627. The number of nitrogens with one attached hydrogen (secondary N) is 1. The van der Waals surface area contributed by atoms with E-state index in [2.05, 4.69) is 29.4 Å². The lowest BCUT2D eigenvalue weighted by Gasteiger charge is -2.31. The van der Waals surface area contributed by atoms with E-state index in [1.165, 1.54) is 53.3 Å². The zero-order chi connectivity index (χ0) is 22.6. The van der Waals surface area contributed by atoms with Gasteiger partial charge < -0.3 is 5.32 Å². The Hall–Kier alpha value is -1.74. The summed E-state index contributed by atoms with van der Waals surface area (Å²) in [7, 11) is -1.43. The number of carbonyl (C=O) groups is 1. The van der Waals surface area contributed by atoms with Crippen LogP contribution in [0.25, 0.3) is 0 Å². The van der Waals surface area contributed by atoms with Gasteiger partial charge in [0, 0.05) is 25.7 Å². The van der Waals surface area contributed by atoms with Crippen molar-refractivity contribution in [1.29, 1.82) is 0 Å². The molecule has 32 heavy (non-hydrogen) atoms. The molecule has 2 aliphatic rings. The highest BCUT2D eigenvalue weighted by atomic mass is 32.2. The van der Waals surface area contributed by atoms with Crippen LogP contribution in [-0.4, -0.2) is 49.2 Å². The number of sulfonamides is 1. The zero-order valence-corrected chi connectivity index (χ0v) is 20.3. The number of rotatable bonds is 8. The second-order valence-electron chi connectivity index (χ2n) is 8.90. The minimum atomic E-state index is -3.62. The Labute approximate surface area is 195 Å². The van der Waals surface area contributed by atoms with Crippen LogP contribution in [0.4, 0.5) is 0 Å². The lowest BCUT2D eigenvalue weighted by molar-refractivity contribution is -0.124. The van der Waals surface area contributed by atoms with Crippen molar-refractivity contribution >= 4 is 27.3 Å². The SMILES string of the molecule is CN(Cc1ccccc1CNC(=O)C1CCCN1S(=O)(=O)c1cccs1)C1CCCCC1. The van der Waals surface area contributed by atoms with Crippen molar-refractivity contribution in [2.45, 2.75) is 74.3 Å². The molecule has 1 saturated carbocycles. The summed E-state index contributed by atoms with van der Waals surface area (Å²) in [5.74, 6) is -0.210. The van der Waals surface area contributed by atoms with Crippen molar-refractivity contribution in [3.63, 3.8) is 0 Å². The van der Waals surface area contributed by atoms with Gasteiger partial charge in [0.05, 0.1) is 0 Å². The van der Waals surface area contributed by atoms with Gasteiger partial charge in [0.2, 0.25) is 5.91 Å². The first kappa shape index (κ1) is 23.4. The Morgan fingerprint density at radius 2 is 1.81 bits per heavy atom. The third-order valence-corrected chi connectivity index (χ3v) is 10.0.